The average molecular weight is 521 g/mol. The molecule has 2 aromatic carbocycles. The van der Waals surface area contributed by atoms with Crippen molar-refractivity contribution in [1.29, 1.82) is 0 Å². The normalized spacial score (nSPS) is 19.5. The monoisotopic (exact) mass is 520 g/mol. The standard InChI is InChI=1S/C30H36N2O6/c1-4-16-37-23-8-6-22(7-9-23)27-26(28(33)25-11-10-24(20-21(25)3)38-17-5-2)29(34)30(35)32(27)13-12-31-14-18-36-19-15-31/h4,6-11,20,27,33H,1,5,12-19H2,2-3H3/t27-/m0/s1. The molecule has 0 saturated carbocycles. The maximum Gasteiger partial charge on any atom is 0.295 e. The first-order chi connectivity index (χ1) is 18.4. The van der Waals surface area contributed by atoms with E-state index in [1.54, 1.807) is 35.2 Å². The van der Waals surface area contributed by atoms with Crippen LogP contribution in [0.1, 0.15) is 36.1 Å². The minimum Gasteiger partial charge on any atom is -0.507 e. The second kappa shape index (κ2) is 12.8. The lowest BCUT2D eigenvalue weighted by Crippen LogP contribution is -2.42. The lowest BCUT2D eigenvalue weighted by atomic mass is 9.94. The fourth-order valence-corrected chi connectivity index (χ4v) is 4.79. The van der Waals surface area contributed by atoms with Crippen LogP contribution in [0.25, 0.3) is 5.76 Å². The van der Waals surface area contributed by atoms with E-state index < -0.39 is 17.7 Å². The number of carbonyl (C=O) groups excluding carboxylic acids is 2. The quantitative estimate of drug-likeness (QED) is 0.207. The highest BCUT2D eigenvalue weighted by Gasteiger charge is 2.46. The van der Waals surface area contributed by atoms with Crippen LogP contribution in [-0.2, 0) is 14.3 Å². The number of ether oxygens (including phenoxy) is 3. The molecule has 0 radical (unpaired) electrons. The van der Waals surface area contributed by atoms with E-state index in [2.05, 4.69) is 11.5 Å². The largest absolute Gasteiger partial charge is 0.507 e. The lowest BCUT2D eigenvalue weighted by Gasteiger charge is -2.31. The van der Waals surface area contributed by atoms with Crippen LogP contribution in [0.15, 0.2) is 60.7 Å². The number of hydrogen-bond acceptors (Lipinski definition) is 7. The van der Waals surface area contributed by atoms with Crippen molar-refractivity contribution < 1.29 is 28.9 Å². The average Bonchev–Trinajstić information content (AvgIpc) is 3.19. The Bertz CT molecular complexity index is 1180. The molecule has 2 aliphatic heterocycles. The molecule has 0 aromatic heterocycles. The first kappa shape index (κ1) is 27.4. The van der Waals surface area contributed by atoms with Crippen LogP contribution in [0.2, 0.25) is 0 Å². The van der Waals surface area contributed by atoms with E-state index in [1.807, 2.05) is 32.0 Å². The van der Waals surface area contributed by atoms with Gasteiger partial charge in [0.05, 0.1) is 31.4 Å². The summed E-state index contributed by atoms with van der Waals surface area (Å²) in [5.41, 5.74) is 2.06. The Labute approximate surface area is 224 Å². The van der Waals surface area contributed by atoms with E-state index in [4.69, 9.17) is 14.2 Å². The number of benzene rings is 2. The van der Waals surface area contributed by atoms with Crippen LogP contribution in [0, 0.1) is 6.92 Å². The van der Waals surface area contributed by atoms with Crippen LogP contribution in [0.3, 0.4) is 0 Å². The molecule has 0 unspecified atom stereocenters. The first-order valence-corrected chi connectivity index (χ1v) is 13.1. The number of rotatable bonds is 11. The molecule has 8 nitrogen and oxygen atoms in total. The summed E-state index contributed by atoms with van der Waals surface area (Å²) < 4.78 is 16.8. The topological polar surface area (TPSA) is 88.5 Å². The lowest BCUT2D eigenvalue weighted by molar-refractivity contribution is -0.140. The number of aliphatic hydroxyl groups is 1. The van der Waals surface area contributed by atoms with Crippen LogP contribution >= 0.6 is 0 Å². The molecule has 8 heteroatoms. The van der Waals surface area contributed by atoms with Crippen molar-refractivity contribution in [3.8, 4) is 11.5 Å². The molecule has 1 N–H and O–H groups in total. The molecule has 2 fully saturated rings. The third-order valence-electron chi connectivity index (χ3n) is 6.79. The molecule has 38 heavy (non-hydrogen) atoms. The molecule has 2 saturated heterocycles. The van der Waals surface area contributed by atoms with Gasteiger partial charge >= 0.3 is 0 Å². The van der Waals surface area contributed by atoms with Crippen molar-refractivity contribution in [1.82, 2.24) is 9.80 Å². The van der Waals surface area contributed by atoms with Crippen molar-refractivity contribution in [3.05, 3.63) is 77.4 Å². The zero-order chi connectivity index (χ0) is 27.1. The third kappa shape index (κ3) is 6.09. The Morgan fingerprint density at radius 2 is 1.79 bits per heavy atom. The summed E-state index contributed by atoms with van der Waals surface area (Å²) in [6.45, 7) is 12.3. The van der Waals surface area contributed by atoms with Gasteiger partial charge in [-0.25, -0.2) is 0 Å². The van der Waals surface area contributed by atoms with Crippen LogP contribution in [-0.4, -0.2) is 79.2 Å². The molecule has 1 atom stereocenters. The molecule has 4 rings (SSSR count). The van der Waals surface area contributed by atoms with E-state index in [-0.39, 0.29) is 11.3 Å². The molecule has 2 aliphatic rings. The number of aliphatic hydroxyl groups excluding tert-OH is 1. The highest BCUT2D eigenvalue weighted by atomic mass is 16.5. The van der Waals surface area contributed by atoms with Gasteiger partial charge in [-0.1, -0.05) is 31.7 Å². The van der Waals surface area contributed by atoms with Gasteiger partial charge in [0.1, 0.15) is 23.9 Å². The van der Waals surface area contributed by atoms with E-state index >= 15 is 0 Å². The van der Waals surface area contributed by atoms with E-state index in [0.29, 0.717) is 56.6 Å². The molecular formula is C30H36N2O6. The van der Waals surface area contributed by atoms with Gasteiger partial charge in [-0.3, -0.25) is 14.5 Å². The van der Waals surface area contributed by atoms with Crippen molar-refractivity contribution in [2.75, 3.05) is 52.6 Å². The maximum atomic E-state index is 13.4. The Morgan fingerprint density at radius 1 is 1.08 bits per heavy atom. The molecule has 0 aliphatic carbocycles. The summed E-state index contributed by atoms with van der Waals surface area (Å²) in [6.07, 6.45) is 2.54. The van der Waals surface area contributed by atoms with Crippen molar-refractivity contribution >= 4 is 17.4 Å². The van der Waals surface area contributed by atoms with Gasteiger partial charge in [0, 0.05) is 31.7 Å². The van der Waals surface area contributed by atoms with E-state index in [0.717, 1.165) is 30.6 Å². The van der Waals surface area contributed by atoms with Crippen LogP contribution < -0.4 is 9.47 Å². The fraction of sp³-hybridized carbons (Fsp3) is 0.400. The van der Waals surface area contributed by atoms with Gasteiger partial charge in [0.2, 0.25) is 0 Å². The fourth-order valence-electron chi connectivity index (χ4n) is 4.79. The molecule has 1 amide bonds. The molecule has 2 heterocycles. The minimum atomic E-state index is -0.722. The zero-order valence-corrected chi connectivity index (χ0v) is 22.2. The Hall–Kier alpha value is -3.62. The second-order valence-corrected chi connectivity index (χ2v) is 9.44. The first-order valence-electron chi connectivity index (χ1n) is 13.1. The number of aryl methyl sites for hydroxylation is 1. The van der Waals surface area contributed by atoms with Gasteiger partial charge in [0.15, 0.2) is 0 Å². The van der Waals surface area contributed by atoms with Gasteiger partial charge in [-0.15, -0.1) is 0 Å². The SMILES string of the molecule is C=CCOc1ccc([C@H]2C(=C(O)c3ccc(OCCC)cc3C)C(=O)C(=O)N2CCN2CCOCC2)cc1. The predicted octanol–water partition coefficient (Wildman–Crippen LogP) is 4.10. The molecular weight excluding hydrogens is 484 g/mol. The summed E-state index contributed by atoms with van der Waals surface area (Å²) in [5.74, 6) is -0.144. The number of Topliss-reactive ketones (excluding diaryl/α,β-unsaturated/α-hetero) is 1. The summed E-state index contributed by atoms with van der Waals surface area (Å²) in [6, 6.07) is 11.9. The Kier molecular flexibility index (Phi) is 9.20. The van der Waals surface area contributed by atoms with Gasteiger partial charge < -0.3 is 24.2 Å². The van der Waals surface area contributed by atoms with E-state index in [1.165, 1.54) is 0 Å². The number of likely N-dealkylation sites (tertiary alicyclic amines) is 1. The highest BCUT2D eigenvalue weighted by molar-refractivity contribution is 6.46. The summed E-state index contributed by atoms with van der Waals surface area (Å²) in [7, 11) is 0. The second-order valence-electron chi connectivity index (χ2n) is 9.44. The number of ketones is 1. The molecule has 0 bridgehead atoms. The van der Waals surface area contributed by atoms with Crippen molar-refractivity contribution in [3.63, 3.8) is 0 Å². The number of morpholine rings is 1. The Morgan fingerprint density at radius 3 is 2.45 bits per heavy atom. The number of hydrogen-bond donors (Lipinski definition) is 1. The van der Waals surface area contributed by atoms with Gasteiger partial charge in [-0.05, 0) is 54.8 Å². The third-order valence-corrected chi connectivity index (χ3v) is 6.79. The minimum absolute atomic E-state index is 0.0852. The van der Waals surface area contributed by atoms with E-state index in [9.17, 15) is 14.7 Å². The molecule has 2 aromatic rings. The summed E-state index contributed by atoms with van der Waals surface area (Å²) >= 11 is 0. The smallest absolute Gasteiger partial charge is 0.295 e. The van der Waals surface area contributed by atoms with Gasteiger partial charge in [-0.2, -0.15) is 0 Å². The predicted molar refractivity (Wildman–Crippen MR) is 145 cm³/mol. The maximum absolute atomic E-state index is 13.4. The Balaban J connectivity index is 1.71. The summed E-state index contributed by atoms with van der Waals surface area (Å²) in [4.78, 5) is 30.5. The number of nitrogens with zero attached hydrogens (tertiary/aromatic N) is 2. The summed E-state index contributed by atoms with van der Waals surface area (Å²) in [5, 5.41) is 11.5. The molecule has 202 valence electrons. The van der Waals surface area contributed by atoms with Crippen molar-refractivity contribution in [2.45, 2.75) is 26.3 Å². The zero-order valence-electron chi connectivity index (χ0n) is 22.2. The van der Waals surface area contributed by atoms with Gasteiger partial charge in [0.25, 0.3) is 11.7 Å². The van der Waals surface area contributed by atoms with Crippen molar-refractivity contribution in [2.24, 2.45) is 0 Å². The number of amides is 1. The van der Waals surface area contributed by atoms with Crippen LogP contribution in [0.5, 0.6) is 11.5 Å². The molecule has 0 spiro atoms. The highest BCUT2D eigenvalue weighted by Crippen LogP contribution is 2.40. The number of carbonyl (C=O) groups is 2. The van der Waals surface area contributed by atoms with Crippen LogP contribution in [0.4, 0.5) is 0 Å².